The molecule has 1 saturated carbocycles. The predicted octanol–water partition coefficient (Wildman–Crippen LogP) is 2.70. The number of guanidine groups is 1. The van der Waals surface area contributed by atoms with Crippen LogP contribution in [0.1, 0.15) is 31.2 Å². The van der Waals surface area contributed by atoms with E-state index in [1.165, 1.54) is 18.4 Å². The summed E-state index contributed by atoms with van der Waals surface area (Å²) in [5.74, 6) is 1.51. The lowest BCUT2D eigenvalue weighted by Gasteiger charge is -2.04. The summed E-state index contributed by atoms with van der Waals surface area (Å²) < 4.78 is 5.14. The maximum atomic E-state index is 5.76. The second-order valence-corrected chi connectivity index (χ2v) is 4.99. The van der Waals surface area contributed by atoms with Gasteiger partial charge in [0.2, 0.25) is 0 Å². The van der Waals surface area contributed by atoms with Gasteiger partial charge in [0.15, 0.2) is 5.96 Å². The molecule has 0 amide bonds. The highest BCUT2D eigenvalue weighted by molar-refractivity contribution is 14.0. The van der Waals surface area contributed by atoms with Crippen LogP contribution in [0, 0.1) is 0 Å². The quantitative estimate of drug-likeness (QED) is 0.326. The van der Waals surface area contributed by atoms with Crippen LogP contribution in [0.5, 0.6) is 5.75 Å². The summed E-state index contributed by atoms with van der Waals surface area (Å²) in [5.41, 5.74) is 7.11. The highest BCUT2D eigenvalue weighted by atomic mass is 127. The van der Waals surface area contributed by atoms with Crippen molar-refractivity contribution in [3.05, 3.63) is 29.8 Å². The SMILES string of the molecule is COc1ccc(CCCCN=C(N)NC2CC2)cc1.I. The minimum atomic E-state index is 0. The molecular weight excluding hydrogens is 365 g/mol. The van der Waals surface area contributed by atoms with Crippen LogP contribution in [0.3, 0.4) is 0 Å². The molecule has 20 heavy (non-hydrogen) atoms. The number of ether oxygens (including phenoxy) is 1. The van der Waals surface area contributed by atoms with Gasteiger partial charge in [-0.25, -0.2) is 0 Å². The van der Waals surface area contributed by atoms with E-state index in [9.17, 15) is 0 Å². The van der Waals surface area contributed by atoms with Crippen molar-refractivity contribution in [1.82, 2.24) is 5.32 Å². The van der Waals surface area contributed by atoms with Crippen molar-refractivity contribution in [3.63, 3.8) is 0 Å². The smallest absolute Gasteiger partial charge is 0.188 e. The van der Waals surface area contributed by atoms with E-state index in [0.717, 1.165) is 31.6 Å². The first-order valence-electron chi connectivity index (χ1n) is 6.97. The van der Waals surface area contributed by atoms with Gasteiger partial charge in [-0.1, -0.05) is 12.1 Å². The summed E-state index contributed by atoms with van der Waals surface area (Å²) >= 11 is 0. The summed E-state index contributed by atoms with van der Waals surface area (Å²) in [5, 5.41) is 3.19. The zero-order chi connectivity index (χ0) is 13.5. The summed E-state index contributed by atoms with van der Waals surface area (Å²) in [6.07, 6.45) is 5.74. The zero-order valence-corrected chi connectivity index (χ0v) is 14.3. The molecule has 1 aliphatic carbocycles. The fraction of sp³-hybridized carbons (Fsp3) is 0.533. The van der Waals surface area contributed by atoms with Crippen molar-refractivity contribution in [2.45, 2.75) is 38.1 Å². The number of aryl methyl sites for hydroxylation is 1. The number of halogens is 1. The Kier molecular flexibility index (Phi) is 7.72. The van der Waals surface area contributed by atoms with Gasteiger partial charge in [-0.15, -0.1) is 24.0 Å². The number of aliphatic imine (C=N–C) groups is 1. The summed E-state index contributed by atoms with van der Waals surface area (Å²) in [6, 6.07) is 8.83. The number of hydrogen-bond donors (Lipinski definition) is 2. The molecule has 1 aliphatic rings. The van der Waals surface area contributed by atoms with Crippen molar-refractivity contribution in [1.29, 1.82) is 0 Å². The molecule has 5 heteroatoms. The Balaban J connectivity index is 0.00000200. The maximum absolute atomic E-state index is 5.76. The Morgan fingerprint density at radius 3 is 2.60 bits per heavy atom. The van der Waals surface area contributed by atoms with Gasteiger partial charge >= 0.3 is 0 Å². The van der Waals surface area contributed by atoms with Gasteiger partial charge in [-0.2, -0.15) is 0 Å². The van der Waals surface area contributed by atoms with Crippen molar-refractivity contribution >= 4 is 29.9 Å². The number of benzene rings is 1. The highest BCUT2D eigenvalue weighted by Gasteiger charge is 2.21. The van der Waals surface area contributed by atoms with E-state index in [1.807, 2.05) is 12.1 Å². The molecule has 0 radical (unpaired) electrons. The van der Waals surface area contributed by atoms with Gasteiger partial charge in [-0.05, 0) is 49.8 Å². The molecule has 0 atom stereocenters. The van der Waals surface area contributed by atoms with Crippen LogP contribution in [0.2, 0.25) is 0 Å². The van der Waals surface area contributed by atoms with Crippen LogP contribution in [-0.2, 0) is 6.42 Å². The molecule has 4 nitrogen and oxygen atoms in total. The monoisotopic (exact) mass is 389 g/mol. The summed E-state index contributed by atoms with van der Waals surface area (Å²) in [7, 11) is 1.69. The summed E-state index contributed by atoms with van der Waals surface area (Å²) in [6.45, 7) is 0.807. The van der Waals surface area contributed by atoms with Crippen molar-refractivity contribution in [2.75, 3.05) is 13.7 Å². The molecule has 0 heterocycles. The largest absolute Gasteiger partial charge is 0.497 e. The fourth-order valence-electron chi connectivity index (χ4n) is 1.92. The predicted molar refractivity (Wildman–Crippen MR) is 94.0 cm³/mol. The number of nitrogens with one attached hydrogen (secondary N) is 1. The molecular formula is C15H24IN3O. The Morgan fingerprint density at radius 2 is 2.00 bits per heavy atom. The van der Waals surface area contributed by atoms with Gasteiger partial charge < -0.3 is 15.8 Å². The van der Waals surface area contributed by atoms with E-state index in [2.05, 4.69) is 22.4 Å². The third-order valence-corrected chi connectivity index (χ3v) is 3.24. The molecule has 1 fully saturated rings. The number of nitrogens with two attached hydrogens (primary N) is 1. The minimum Gasteiger partial charge on any atom is -0.497 e. The molecule has 3 N–H and O–H groups in total. The molecule has 112 valence electrons. The first-order chi connectivity index (χ1) is 9.28. The topological polar surface area (TPSA) is 59.6 Å². The average Bonchev–Trinajstić information content (AvgIpc) is 3.23. The van der Waals surface area contributed by atoms with E-state index in [0.29, 0.717) is 12.0 Å². The Bertz CT molecular complexity index is 416. The average molecular weight is 389 g/mol. The Labute approximate surface area is 138 Å². The highest BCUT2D eigenvalue weighted by Crippen LogP contribution is 2.18. The minimum absolute atomic E-state index is 0. The molecule has 0 aliphatic heterocycles. The van der Waals surface area contributed by atoms with Gasteiger partial charge in [0, 0.05) is 12.6 Å². The van der Waals surface area contributed by atoms with Crippen LogP contribution >= 0.6 is 24.0 Å². The fourth-order valence-corrected chi connectivity index (χ4v) is 1.92. The molecule has 0 bridgehead atoms. The van der Waals surface area contributed by atoms with Crippen LogP contribution < -0.4 is 15.8 Å². The Morgan fingerprint density at radius 1 is 1.30 bits per heavy atom. The molecule has 0 saturated heterocycles. The number of hydrogen-bond acceptors (Lipinski definition) is 2. The lowest BCUT2D eigenvalue weighted by atomic mass is 10.1. The number of rotatable bonds is 7. The third-order valence-electron chi connectivity index (χ3n) is 3.24. The molecule has 0 aromatic heterocycles. The number of nitrogens with zero attached hydrogens (tertiary/aromatic N) is 1. The zero-order valence-electron chi connectivity index (χ0n) is 12.0. The Hall–Kier alpha value is -0.980. The van der Waals surface area contributed by atoms with E-state index >= 15 is 0 Å². The van der Waals surface area contributed by atoms with Gasteiger partial charge in [0.25, 0.3) is 0 Å². The van der Waals surface area contributed by atoms with Gasteiger partial charge in [0.05, 0.1) is 7.11 Å². The number of unbranched alkanes of at least 4 members (excludes halogenated alkanes) is 1. The first kappa shape index (κ1) is 17.1. The lowest BCUT2D eigenvalue weighted by molar-refractivity contribution is 0.414. The van der Waals surface area contributed by atoms with Crippen molar-refractivity contribution in [2.24, 2.45) is 10.7 Å². The van der Waals surface area contributed by atoms with Crippen LogP contribution in [0.4, 0.5) is 0 Å². The van der Waals surface area contributed by atoms with E-state index < -0.39 is 0 Å². The maximum Gasteiger partial charge on any atom is 0.188 e. The molecule has 1 aromatic rings. The van der Waals surface area contributed by atoms with E-state index in [1.54, 1.807) is 7.11 Å². The van der Waals surface area contributed by atoms with Crippen LogP contribution in [0.25, 0.3) is 0 Å². The second kappa shape index (κ2) is 9.05. The summed E-state index contributed by atoms with van der Waals surface area (Å²) in [4.78, 5) is 4.33. The third kappa shape index (κ3) is 6.45. The molecule has 1 aromatic carbocycles. The van der Waals surface area contributed by atoms with E-state index in [-0.39, 0.29) is 24.0 Å². The van der Waals surface area contributed by atoms with Gasteiger partial charge in [-0.3, -0.25) is 4.99 Å². The molecule has 0 spiro atoms. The molecule has 2 rings (SSSR count). The molecule has 0 unspecified atom stereocenters. The number of methoxy groups -OCH3 is 1. The standard InChI is InChI=1S/C15H23N3O.HI/c1-19-14-9-5-12(6-10-14)4-2-3-11-17-15(16)18-13-7-8-13;/h5-6,9-10,13H,2-4,7-8,11H2,1H3,(H3,16,17,18);1H. The van der Waals surface area contributed by atoms with Crippen LogP contribution in [0.15, 0.2) is 29.3 Å². The lowest BCUT2D eigenvalue weighted by Crippen LogP contribution is -2.33. The second-order valence-electron chi connectivity index (χ2n) is 4.99. The van der Waals surface area contributed by atoms with Crippen LogP contribution in [-0.4, -0.2) is 25.7 Å². The van der Waals surface area contributed by atoms with Crippen molar-refractivity contribution in [3.8, 4) is 5.75 Å². The first-order valence-corrected chi connectivity index (χ1v) is 6.97. The van der Waals surface area contributed by atoms with Crippen molar-refractivity contribution < 1.29 is 4.74 Å². The van der Waals surface area contributed by atoms with Gasteiger partial charge in [0.1, 0.15) is 5.75 Å². The normalized spacial score (nSPS) is 14.6. The van der Waals surface area contributed by atoms with E-state index in [4.69, 9.17) is 10.5 Å².